The Morgan fingerprint density at radius 3 is 1.86 bits per heavy atom. The Bertz CT molecular complexity index is 313. The van der Waals surface area contributed by atoms with Gasteiger partial charge in [0.25, 0.3) is 0 Å². The maximum absolute atomic E-state index is 13.2. The molecule has 0 fully saturated rings. The molecular weight excluding hydrogens is 257 g/mol. The maximum atomic E-state index is 13.2. The van der Waals surface area contributed by atoms with Gasteiger partial charge in [0.05, 0.1) is 0 Å². The molecule has 0 nitrogen and oxygen atoms in total. The van der Waals surface area contributed by atoms with Crippen molar-refractivity contribution in [3.05, 3.63) is 35.1 Å². The van der Waals surface area contributed by atoms with Gasteiger partial charge >= 0.3 is 0 Å². The van der Waals surface area contributed by atoms with E-state index in [4.69, 9.17) is 0 Å². The SMILES string of the molecule is CC(C)C(Br)c1c(F)cc(F)cc1F. The Morgan fingerprint density at radius 1 is 1.07 bits per heavy atom. The first-order valence-electron chi connectivity index (χ1n) is 4.22. The lowest BCUT2D eigenvalue weighted by Crippen LogP contribution is -2.05. The minimum Gasteiger partial charge on any atom is -0.207 e. The molecule has 1 rings (SSSR count). The van der Waals surface area contributed by atoms with Crippen LogP contribution in [0.1, 0.15) is 24.2 Å². The number of halogens is 4. The quantitative estimate of drug-likeness (QED) is 0.704. The third-order valence-corrected chi connectivity index (χ3v) is 3.42. The smallest absolute Gasteiger partial charge is 0.133 e. The summed E-state index contributed by atoms with van der Waals surface area (Å²) < 4.78 is 39.0. The number of alkyl halides is 1. The molecule has 0 N–H and O–H groups in total. The van der Waals surface area contributed by atoms with Gasteiger partial charge in [-0.25, -0.2) is 13.2 Å². The Kier molecular flexibility index (Phi) is 3.59. The van der Waals surface area contributed by atoms with Crippen LogP contribution in [0.2, 0.25) is 0 Å². The van der Waals surface area contributed by atoms with E-state index >= 15 is 0 Å². The van der Waals surface area contributed by atoms with Crippen LogP contribution in [0, 0.1) is 23.4 Å². The third-order valence-electron chi connectivity index (χ3n) is 1.90. The van der Waals surface area contributed by atoms with Gasteiger partial charge in [-0.3, -0.25) is 0 Å². The van der Waals surface area contributed by atoms with Gasteiger partial charge in [0.2, 0.25) is 0 Å². The predicted octanol–water partition coefficient (Wildman–Crippen LogP) is 4.20. The highest BCUT2D eigenvalue weighted by atomic mass is 79.9. The largest absolute Gasteiger partial charge is 0.207 e. The maximum Gasteiger partial charge on any atom is 0.133 e. The standard InChI is InChI=1S/C10H10BrF3/c1-5(2)10(11)9-7(13)3-6(12)4-8(9)14/h3-5,10H,1-2H3. The van der Waals surface area contributed by atoms with Crippen molar-refractivity contribution in [3.63, 3.8) is 0 Å². The second kappa shape index (κ2) is 4.34. The fraction of sp³-hybridized carbons (Fsp3) is 0.400. The molecule has 1 aromatic rings. The van der Waals surface area contributed by atoms with Crippen LogP contribution >= 0.6 is 15.9 Å². The summed E-state index contributed by atoms with van der Waals surface area (Å²) in [7, 11) is 0. The van der Waals surface area contributed by atoms with Crippen molar-refractivity contribution < 1.29 is 13.2 Å². The van der Waals surface area contributed by atoms with E-state index in [9.17, 15) is 13.2 Å². The van der Waals surface area contributed by atoms with E-state index in [1.807, 2.05) is 13.8 Å². The summed E-state index contributed by atoms with van der Waals surface area (Å²) in [6.45, 7) is 3.64. The van der Waals surface area contributed by atoms with E-state index in [-0.39, 0.29) is 11.5 Å². The van der Waals surface area contributed by atoms with Gasteiger partial charge in [-0.2, -0.15) is 0 Å². The average Bonchev–Trinajstić information content (AvgIpc) is 2.01. The van der Waals surface area contributed by atoms with Gasteiger partial charge in [0.1, 0.15) is 17.5 Å². The lowest BCUT2D eigenvalue weighted by Gasteiger charge is -2.15. The van der Waals surface area contributed by atoms with Gasteiger partial charge in [-0.1, -0.05) is 29.8 Å². The summed E-state index contributed by atoms with van der Waals surface area (Å²) in [5.74, 6) is -2.56. The second-order valence-corrected chi connectivity index (χ2v) is 4.42. The van der Waals surface area contributed by atoms with Gasteiger partial charge in [-0.05, 0) is 5.92 Å². The van der Waals surface area contributed by atoms with Crippen LogP contribution in [0.4, 0.5) is 13.2 Å². The number of rotatable bonds is 2. The Morgan fingerprint density at radius 2 is 1.50 bits per heavy atom. The van der Waals surface area contributed by atoms with Crippen molar-refractivity contribution >= 4 is 15.9 Å². The highest BCUT2D eigenvalue weighted by molar-refractivity contribution is 9.09. The third kappa shape index (κ3) is 2.29. The highest BCUT2D eigenvalue weighted by Crippen LogP contribution is 2.34. The van der Waals surface area contributed by atoms with E-state index in [1.54, 1.807) is 0 Å². The Hall–Kier alpha value is -0.510. The number of hydrogen-bond acceptors (Lipinski definition) is 0. The fourth-order valence-electron chi connectivity index (χ4n) is 1.15. The van der Waals surface area contributed by atoms with E-state index in [0.717, 1.165) is 0 Å². The molecule has 0 aliphatic rings. The molecule has 0 amide bonds. The molecule has 0 aliphatic carbocycles. The zero-order chi connectivity index (χ0) is 10.9. The molecule has 78 valence electrons. The molecule has 14 heavy (non-hydrogen) atoms. The Balaban J connectivity index is 3.20. The van der Waals surface area contributed by atoms with Gasteiger partial charge in [-0.15, -0.1) is 0 Å². The van der Waals surface area contributed by atoms with Crippen molar-refractivity contribution in [2.45, 2.75) is 18.7 Å². The summed E-state index contributed by atoms with van der Waals surface area (Å²) in [6, 6.07) is 1.38. The first-order valence-corrected chi connectivity index (χ1v) is 5.13. The van der Waals surface area contributed by atoms with Gasteiger partial charge < -0.3 is 0 Å². The highest BCUT2D eigenvalue weighted by Gasteiger charge is 2.21. The lowest BCUT2D eigenvalue weighted by molar-refractivity contribution is 0.502. The van der Waals surface area contributed by atoms with Crippen LogP contribution in [0.5, 0.6) is 0 Å². The molecule has 0 bridgehead atoms. The van der Waals surface area contributed by atoms with Crippen LogP contribution in [0.3, 0.4) is 0 Å². The predicted molar refractivity (Wildman–Crippen MR) is 52.8 cm³/mol. The molecule has 0 aromatic heterocycles. The molecule has 4 heteroatoms. The van der Waals surface area contributed by atoms with Crippen LogP contribution in [0.15, 0.2) is 12.1 Å². The summed E-state index contributed by atoms with van der Waals surface area (Å²) in [5.41, 5.74) is -0.110. The lowest BCUT2D eigenvalue weighted by atomic mass is 10.0. The molecule has 0 heterocycles. The van der Waals surface area contributed by atoms with Crippen LogP contribution in [0.25, 0.3) is 0 Å². The van der Waals surface area contributed by atoms with Gasteiger partial charge in [0.15, 0.2) is 0 Å². The summed E-state index contributed by atoms with van der Waals surface area (Å²) in [5, 5.41) is 0. The normalized spacial score (nSPS) is 13.4. The van der Waals surface area contributed by atoms with E-state index in [0.29, 0.717) is 12.1 Å². The number of hydrogen-bond donors (Lipinski definition) is 0. The second-order valence-electron chi connectivity index (χ2n) is 3.43. The van der Waals surface area contributed by atoms with Crippen LogP contribution in [-0.2, 0) is 0 Å². The molecule has 0 spiro atoms. The summed E-state index contributed by atoms with van der Waals surface area (Å²) in [6.07, 6.45) is 0. The topological polar surface area (TPSA) is 0 Å². The van der Waals surface area contributed by atoms with Crippen molar-refractivity contribution in [1.29, 1.82) is 0 Å². The monoisotopic (exact) mass is 266 g/mol. The first kappa shape index (κ1) is 11.6. The number of benzene rings is 1. The van der Waals surface area contributed by atoms with Crippen molar-refractivity contribution in [3.8, 4) is 0 Å². The molecule has 0 radical (unpaired) electrons. The van der Waals surface area contributed by atoms with E-state index in [2.05, 4.69) is 15.9 Å². The average molecular weight is 267 g/mol. The van der Waals surface area contributed by atoms with Gasteiger partial charge in [0, 0.05) is 22.5 Å². The molecule has 0 saturated carbocycles. The Labute approximate surface area is 89.3 Å². The zero-order valence-electron chi connectivity index (χ0n) is 7.82. The van der Waals surface area contributed by atoms with Crippen molar-refractivity contribution in [1.82, 2.24) is 0 Å². The van der Waals surface area contributed by atoms with Crippen LogP contribution < -0.4 is 0 Å². The minimum atomic E-state index is -0.896. The van der Waals surface area contributed by atoms with Crippen molar-refractivity contribution in [2.24, 2.45) is 5.92 Å². The molecule has 1 aromatic carbocycles. The molecular formula is C10H10BrF3. The molecule has 0 aliphatic heterocycles. The fourth-order valence-corrected chi connectivity index (χ4v) is 1.59. The minimum absolute atomic E-state index is 0.0319. The van der Waals surface area contributed by atoms with E-state index in [1.165, 1.54) is 0 Å². The molecule has 1 atom stereocenters. The first-order chi connectivity index (χ1) is 6.43. The summed E-state index contributed by atoms with van der Waals surface area (Å²) >= 11 is 3.17. The van der Waals surface area contributed by atoms with Crippen LogP contribution in [-0.4, -0.2) is 0 Å². The summed E-state index contributed by atoms with van der Waals surface area (Å²) in [4.78, 5) is -0.442. The zero-order valence-corrected chi connectivity index (χ0v) is 9.41. The van der Waals surface area contributed by atoms with E-state index < -0.39 is 22.3 Å². The molecule has 1 unspecified atom stereocenters. The van der Waals surface area contributed by atoms with Crippen molar-refractivity contribution in [2.75, 3.05) is 0 Å². The molecule has 0 saturated heterocycles.